The third-order valence-corrected chi connectivity index (χ3v) is 4.79. The molecule has 2 aromatic rings. The first-order valence-electron chi connectivity index (χ1n) is 8.17. The quantitative estimate of drug-likeness (QED) is 0.406. The van der Waals surface area contributed by atoms with Crippen LogP contribution in [-0.4, -0.2) is 32.4 Å². The maximum atomic E-state index is 12.4. The monoisotopic (exact) mass is 407 g/mol. The van der Waals surface area contributed by atoms with Crippen molar-refractivity contribution >= 4 is 21.5 Å². The van der Waals surface area contributed by atoms with Crippen molar-refractivity contribution in [3.05, 3.63) is 68.8 Å². The van der Waals surface area contributed by atoms with Gasteiger partial charge in [0, 0.05) is 29.5 Å². The number of benzene rings is 2. The molecule has 0 N–H and O–H groups in total. The van der Waals surface area contributed by atoms with Gasteiger partial charge in [-0.15, -0.1) is 0 Å². The van der Waals surface area contributed by atoms with Crippen LogP contribution in [0, 0.1) is 10.1 Å². The highest BCUT2D eigenvalue weighted by Gasteiger charge is 2.22. The van der Waals surface area contributed by atoms with Crippen LogP contribution in [0.1, 0.15) is 27.0 Å². The van der Waals surface area contributed by atoms with Gasteiger partial charge in [-0.05, 0) is 17.7 Å². The lowest BCUT2D eigenvalue weighted by Crippen LogP contribution is -2.15. The average molecular weight is 407 g/mol. The number of ether oxygens (including phenoxy) is 3. The summed E-state index contributed by atoms with van der Waals surface area (Å²) in [6.45, 7) is -0.0794. The fraction of sp³-hybridized carbons (Fsp3) is 0.278. The standard InChI is InChI=1S/C18H17NO8S/c1-28(23,24)10-12-3-2-4-13(5-12)18(20)26-9-15-7-16(19(21)22)6-14-8-25-11-27-17(14)15/h2-7H,8-11H2,1H3. The molecule has 3 rings (SSSR count). The largest absolute Gasteiger partial charge is 0.467 e. The van der Waals surface area contributed by atoms with E-state index in [4.69, 9.17) is 14.2 Å². The van der Waals surface area contributed by atoms with Crippen LogP contribution in [0.25, 0.3) is 0 Å². The Labute approximate surface area is 160 Å². The fourth-order valence-electron chi connectivity index (χ4n) is 2.81. The molecule has 1 aliphatic rings. The molecule has 0 aromatic heterocycles. The van der Waals surface area contributed by atoms with Crippen LogP contribution in [0.4, 0.5) is 5.69 Å². The molecular formula is C18H17NO8S. The van der Waals surface area contributed by atoms with Crippen LogP contribution in [0.5, 0.6) is 5.75 Å². The predicted molar refractivity (Wildman–Crippen MR) is 97.5 cm³/mol. The van der Waals surface area contributed by atoms with E-state index in [0.29, 0.717) is 22.4 Å². The third-order valence-electron chi connectivity index (χ3n) is 3.93. The summed E-state index contributed by atoms with van der Waals surface area (Å²) in [5, 5.41) is 11.1. The lowest BCUT2D eigenvalue weighted by atomic mass is 10.1. The number of nitro groups is 1. The van der Waals surface area contributed by atoms with Gasteiger partial charge in [0.15, 0.2) is 16.6 Å². The van der Waals surface area contributed by atoms with Gasteiger partial charge in [0.1, 0.15) is 12.4 Å². The summed E-state index contributed by atoms with van der Waals surface area (Å²) < 4.78 is 38.6. The van der Waals surface area contributed by atoms with Crippen molar-refractivity contribution in [3.8, 4) is 5.75 Å². The molecule has 0 saturated carbocycles. The molecule has 0 unspecified atom stereocenters. The molecule has 0 fully saturated rings. The molecule has 28 heavy (non-hydrogen) atoms. The Hall–Kier alpha value is -2.98. The van der Waals surface area contributed by atoms with Crippen LogP contribution in [0.3, 0.4) is 0 Å². The Kier molecular flexibility index (Phi) is 5.61. The zero-order valence-electron chi connectivity index (χ0n) is 14.9. The third kappa shape index (κ3) is 4.84. The Bertz CT molecular complexity index is 1030. The normalized spacial score (nSPS) is 13.3. The topological polar surface area (TPSA) is 122 Å². The summed E-state index contributed by atoms with van der Waals surface area (Å²) in [5.41, 5.74) is 1.35. The van der Waals surface area contributed by atoms with Gasteiger partial charge >= 0.3 is 5.97 Å². The molecule has 148 valence electrons. The second kappa shape index (κ2) is 7.95. The second-order valence-corrected chi connectivity index (χ2v) is 8.45. The number of nitrogens with zero attached hydrogens (tertiary/aromatic N) is 1. The smallest absolute Gasteiger partial charge is 0.338 e. The van der Waals surface area contributed by atoms with Gasteiger partial charge in [0.05, 0.1) is 22.8 Å². The predicted octanol–water partition coefficient (Wildman–Crippen LogP) is 2.36. The van der Waals surface area contributed by atoms with Gasteiger partial charge in [-0.25, -0.2) is 13.2 Å². The zero-order valence-corrected chi connectivity index (χ0v) is 15.7. The maximum Gasteiger partial charge on any atom is 0.338 e. The SMILES string of the molecule is CS(=O)(=O)Cc1cccc(C(=O)OCc2cc([N+](=O)[O-])cc3c2OCOC3)c1. The van der Waals surface area contributed by atoms with Crippen molar-refractivity contribution in [2.45, 2.75) is 19.0 Å². The molecule has 1 aliphatic heterocycles. The summed E-state index contributed by atoms with van der Waals surface area (Å²) >= 11 is 0. The summed E-state index contributed by atoms with van der Waals surface area (Å²) in [4.78, 5) is 22.9. The Morgan fingerprint density at radius 2 is 2.07 bits per heavy atom. The van der Waals surface area contributed by atoms with Gasteiger partial charge in [-0.3, -0.25) is 10.1 Å². The van der Waals surface area contributed by atoms with Gasteiger partial charge in [-0.1, -0.05) is 12.1 Å². The van der Waals surface area contributed by atoms with E-state index in [9.17, 15) is 23.3 Å². The highest BCUT2D eigenvalue weighted by Crippen LogP contribution is 2.33. The number of sulfone groups is 1. The molecule has 9 nitrogen and oxygen atoms in total. The van der Waals surface area contributed by atoms with E-state index >= 15 is 0 Å². The Morgan fingerprint density at radius 1 is 1.29 bits per heavy atom. The molecule has 0 spiro atoms. The average Bonchev–Trinajstić information content (AvgIpc) is 2.64. The molecule has 2 aromatic carbocycles. The van der Waals surface area contributed by atoms with Crippen molar-refractivity contribution in [2.75, 3.05) is 13.0 Å². The molecule has 0 saturated heterocycles. The van der Waals surface area contributed by atoms with Crippen molar-refractivity contribution in [2.24, 2.45) is 0 Å². The van der Waals surface area contributed by atoms with Crippen molar-refractivity contribution < 1.29 is 32.3 Å². The highest BCUT2D eigenvalue weighted by molar-refractivity contribution is 7.89. The first-order chi connectivity index (χ1) is 13.2. The van der Waals surface area contributed by atoms with Crippen LogP contribution in [0.2, 0.25) is 0 Å². The van der Waals surface area contributed by atoms with E-state index in [2.05, 4.69) is 0 Å². The van der Waals surface area contributed by atoms with E-state index in [1.807, 2.05) is 0 Å². The van der Waals surface area contributed by atoms with Crippen molar-refractivity contribution in [1.29, 1.82) is 0 Å². The van der Waals surface area contributed by atoms with Gasteiger partial charge < -0.3 is 14.2 Å². The van der Waals surface area contributed by atoms with E-state index in [1.54, 1.807) is 12.1 Å². The molecule has 0 atom stereocenters. The highest BCUT2D eigenvalue weighted by atomic mass is 32.2. The summed E-state index contributed by atoms with van der Waals surface area (Å²) in [6, 6.07) is 8.75. The molecule has 1 heterocycles. The molecule has 0 aliphatic carbocycles. The van der Waals surface area contributed by atoms with Gasteiger partial charge in [0.2, 0.25) is 0 Å². The number of hydrogen-bond donors (Lipinski definition) is 0. The summed E-state index contributed by atoms with van der Waals surface area (Å²) in [6.07, 6.45) is 1.10. The first-order valence-corrected chi connectivity index (χ1v) is 10.2. The maximum absolute atomic E-state index is 12.4. The number of carbonyl (C=O) groups is 1. The molecule has 10 heteroatoms. The number of hydrogen-bond acceptors (Lipinski definition) is 8. The molecule has 0 bridgehead atoms. The minimum Gasteiger partial charge on any atom is -0.467 e. The minimum atomic E-state index is -3.24. The van der Waals surface area contributed by atoms with E-state index in [0.717, 1.165) is 6.26 Å². The number of nitro benzene ring substituents is 1. The Balaban J connectivity index is 1.79. The van der Waals surface area contributed by atoms with Crippen molar-refractivity contribution in [1.82, 2.24) is 0 Å². The molecular weight excluding hydrogens is 390 g/mol. The lowest BCUT2D eigenvalue weighted by molar-refractivity contribution is -0.385. The molecule has 0 radical (unpaired) electrons. The van der Waals surface area contributed by atoms with Crippen LogP contribution < -0.4 is 4.74 Å². The van der Waals surface area contributed by atoms with Gasteiger partial charge in [-0.2, -0.15) is 0 Å². The summed E-state index contributed by atoms with van der Waals surface area (Å²) in [5.74, 6) is -0.474. The van der Waals surface area contributed by atoms with Crippen LogP contribution in [-0.2, 0) is 38.3 Å². The Morgan fingerprint density at radius 3 is 2.79 bits per heavy atom. The van der Waals surface area contributed by atoms with Crippen molar-refractivity contribution in [3.63, 3.8) is 0 Å². The summed E-state index contributed by atoms with van der Waals surface area (Å²) in [7, 11) is -3.24. The molecule has 0 amide bonds. The van der Waals surface area contributed by atoms with Crippen LogP contribution >= 0.6 is 0 Å². The minimum absolute atomic E-state index is 0.000700. The first kappa shape index (κ1) is 19.8. The zero-order chi connectivity index (χ0) is 20.3. The number of carbonyl (C=O) groups excluding carboxylic acids is 1. The fourth-order valence-corrected chi connectivity index (χ4v) is 3.60. The lowest BCUT2D eigenvalue weighted by Gasteiger charge is -2.20. The second-order valence-electron chi connectivity index (χ2n) is 6.31. The van der Waals surface area contributed by atoms with E-state index in [1.165, 1.54) is 24.3 Å². The van der Waals surface area contributed by atoms with E-state index in [-0.39, 0.29) is 37.0 Å². The number of fused-ring (bicyclic) bond motifs is 1. The van der Waals surface area contributed by atoms with Gasteiger partial charge in [0.25, 0.3) is 5.69 Å². The number of esters is 1. The number of rotatable bonds is 6. The van der Waals surface area contributed by atoms with E-state index < -0.39 is 20.7 Å². The van der Waals surface area contributed by atoms with Crippen LogP contribution in [0.15, 0.2) is 36.4 Å². The number of non-ortho nitro benzene ring substituents is 1.